The molecule has 3 heterocycles. The fraction of sp³-hybridized carbons (Fsp3) is 0.350. The number of fused-ring (bicyclic) bond motifs is 1. The number of nitrogens with zero attached hydrogens (tertiary/aromatic N) is 3. The minimum Gasteiger partial charge on any atom is -0.466 e. The first-order chi connectivity index (χ1) is 13.6. The second-order valence-corrected chi connectivity index (χ2v) is 7.59. The smallest absolute Gasteiger partial charge is 0.310 e. The van der Waals surface area contributed by atoms with E-state index in [1.54, 1.807) is 39.9 Å². The Bertz CT molecular complexity index is 1010. The summed E-state index contributed by atoms with van der Waals surface area (Å²) >= 11 is 1.38. The van der Waals surface area contributed by atoms with Crippen LogP contribution in [0.25, 0.3) is 16.2 Å². The van der Waals surface area contributed by atoms with Gasteiger partial charge in [-0.05, 0) is 44.0 Å². The molecule has 0 saturated carbocycles. The van der Waals surface area contributed by atoms with E-state index in [0.717, 1.165) is 18.4 Å². The Morgan fingerprint density at radius 3 is 2.86 bits per heavy atom. The van der Waals surface area contributed by atoms with Crippen LogP contribution < -0.4 is 0 Å². The summed E-state index contributed by atoms with van der Waals surface area (Å²) in [5.41, 5.74) is 1.99. The highest BCUT2D eigenvalue weighted by Gasteiger charge is 2.31. The zero-order valence-corrected chi connectivity index (χ0v) is 16.2. The lowest BCUT2D eigenvalue weighted by Gasteiger charge is -2.31. The number of hydrogen-bond donors (Lipinski definition) is 0. The number of piperidine rings is 1. The molecule has 4 rings (SSSR count). The van der Waals surface area contributed by atoms with Crippen molar-refractivity contribution in [3.63, 3.8) is 0 Å². The van der Waals surface area contributed by atoms with E-state index in [4.69, 9.17) is 4.74 Å². The fourth-order valence-corrected chi connectivity index (χ4v) is 4.32. The largest absolute Gasteiger partial charge is 0.466 e. The predicted octanol–water partition coefficient (Wildman–Crippen LogP) is 3.62. The molecule has 1 aliphatic rings. The number of imidazole rings is 1. The molecule has 0 bridgehead atoms. The van der Waals surface area contributed by atoms with Gasteiger partial charge in [0, 0.05) is 30.2 Å². The molecular formula is C20H20FN3O3S. The number of aromatic nitrogens is 2. The van der Waals surface area contributed by atoms with E-state index in [-0.39, 0.29) is 23.6 Å². The molecule has 1 saturated heterocycles. The lowest BCUT2D eigenvalue weighted by molar-refractivity contribution is -0.149. The molecule has 1 unspecified atom stereocenters. The molecule has 1 atom stereocenters. The molecule has 146 valence electrons. The van der Waals surface area contributed by atoms with Crippen LogP contribution in [0.15, 0.2) is 35.8 Å². The van der Waals surface area contributed by atoms with Crippen molar-refractivity contribution < 1.29 is 18.7 Å². The maximum Gasteiger partial charge on any atom is 0.310 e. The van der Waals surface area contributed by atoms with Gasteiger partial charge in [0.1, 0.15) is 11.5 Å². The molecule has 1 aromatic carbocycles. The molecule has 28 heavy (non-hydrogen) atoms. The summed E-state index contributed by atoms with van der Waals surface area (Å²) in [7, 11) is 0. The third-order valence-corrected chi connectivity index (χ3v) is 5.74. The number of likely N-dealkylation sites (tertiary alicyclic amines) is 1. The SMILES string of the molecule is CCOC(=O)C1CCCN(C(=O)c2csc3nc(-c4ccc(F)cc4)cn23)C1. The van der Waals surface area contributed by atoms with E-state index >= 15 is 0 Å². The van der Waals surface area contributed by atoms with Crippen LogP contribution in [-0.2, 0) is 9.53 Å². The van der Waals surface area contributed by atoms with Crippen LogP contribution in [0.4, 0.5) is 4.39 Å². The van der Waals surface area contributed by atoms with Crippen LogP contribution in [0.1, 0.15) is 30.3 Å². The molecule has 3 aromatic rings. The Morgan fingerprint density at radius 2 is 2.11 bits per heavy atom. The summed E-state index contributed by atoms with van der Waals surface area (Å²) in [5.74, 6) is -0.939. The van der Waals surface area contributed by atoms with Crippen LogP contribution in [0.2, 0.25) is 0 Å². The first-order valence-electron chi connectivity index (χ1n) is 9.25. The fourth-order valence-electron chi connectivity index (χ4n) is 3.47. The molecule has 1 fully saturated rings. The molecule has 0 radical (unpaired) electrons. The van der Waals surface area contributed by atoms with Crippen molar-refractivity contribution in [2.45, 2.75) is 19.8 Å². The molecule has 2 aromatic heterocycles. The number of thiazole rings is 1. The van der Waals surface area contributed by atoms with E-state index in [0.29, 0.717) is 36.0 Å². The molecule has 0 spiro atoms. The summed E-state index contributed by atoms with van der Waals surface area (Å²) in [4.78, 5) is 32.1. The average molecular weight is 401 g/mol. The van der Waals surface area contributed by atoms with Crippen molar-refractivity contribution in [2.24, 2.45) is 5.92 Å². The van der Waals surface area contributed by atoms with Crippen molar-refractivity contribution in [2.75, 3.05) is 19.7 Å². The van der Waals surface area contributed by atoms with Gasteiger partial charge >= 0.3 is 5.97 Å². The molecule has 8 heteroatoms. The topological polar surface area (TPSA) is 63.9 Å². The predicted molar refractivity (Wildman–Crippen MR) is 104 cm³/mol. The highest BCUT2D eigenvalue weighted by molar-refractivity contribution is 7.15. The number of benzene rings is 1. The average Bonchev–Trinajstić information content (AvgIpc) is 3.29. The van der Waals surface area contributed by atoms with Crippen molar-refractivity contribution in [1.29, 1.82) is 0 Å². The third kappa shape index (κ3) is 3.52. The van der Waals surface area contributed by atoms with Gasteiger partial charge < -0.3 is 9.64 Å². The van der Waals surface area contributed by atoms with E-state index in [1.807, 2.05) is 0 Å². The Morgan fingerprint density at radius 1 is 1.32 bits per heavy atom. The molecule has 1 aliphatic heterocycles. The van der Waals surface area contributed by atoms with Crippen LogP contribution in [0.3, 0.4) is 0 Å². The number of amides is 1. The monoisotopic (exact) mass is 401 g/mol. The number of carbonyl (C=O) groups is 2. The van der Waals surface area contributed by atoms with Crippen LogP contribution in [0.5, 0.6) is 0 Å². The number of carbonyl (C=O) groups excluding carboxylic acids is 2. The van der Waals surface area contributed by atoms with Gasteiger partial charge in [-0.3, -0.25) is 14.0 Å². The number of ether oxygens (including phenoxy) is 1. The lowest BCUT2D eigenvalue weighted by Crippen LogP contribution is -2.43. The molecular weight excluding hydrogens is 381 g/mol. The van der Waals surface area contributed by atoms with Crippen LogP contribution in [-0.4, -0.2) is 45.9 Å². The molecule has 0 N–H and O–H groups in total. The number of esters is 1. The number of halogens is 1. The summed E-state index contributed by atoms with van der Waals surface area (Å²) in [6, 6.07) is 6.10. The second-order valence-electron chi connectivity index (χ2n) is 6.75. The Balaban J connectivity index is 1.57. The van der Waals surface area contributed by atoms with Crippen molar-refractivity contribution >= 4 is 28.2 Å². The first-order valence-corrected chi connectivity index (χ1v) is 10.1. The van der Waals surface area contributed by atoms with Crippen LogP contribution in [0, 0.1) is 11.7 Å². The van der Waals surface area contributed by atoms with E-state index in [1.165, 1.54) is 23.5 Å². The van der Waals surface area contributed by atoms with Crippen molar-refractivity contribution in [3.05, 3.63) is 47.4 Å². The lowest BCUT2D eigenvalue weighted by atomic mass is 9.98. The van der Waals surface area contributed by atoms with Gasteiger partial charge in [0.05, 0.1) is 18.2 Å². The van der Waals surface area contributed by atoms with Gasteiger partial charge in [-0.15, -0.1) is 11.3 Å². The van der Waals surface area contributed by atoms with Gasteiger partial charge in [-0.2, -0.15) is 0 Å². The minimum absolute atomic E-state index is 0.122. The number of hydrogen-bond acceptors (Lipinski definition) is 5. The van der Waals surface area contributed by atoms with Gasteiger partial charge in [0.2, 0.25) is 0 Å². The third-order valence-electron chi connectivity index (χ3n) is 4.90. The minimum atomic E-state index is -0.304. The Labute approximate surface area is 165 Å². The van der Waals surface area contributed by atoms with E-state index < -0.39 is 0 Å². The van der Waals surface area contributed by atoms with Gasteiger partial charge in [0.25, 0.3) is 5.91 Å². The highest BCUT2D eigenvalue weighted by Crippen LogP contribution is 2.26. The zero-order chi connectivity index (χ0) is 19.7. The van der Waals surface area contributed by atoms with E-state index in [2.05, 4.69) is 4.98 Å². The van der Waals surface area contributed by atoms with Crippen LogP contribution >= 0.6 is 11.3 Å². The van der Waals surface area contributed by atoms with Gasteiger partial charge in [0.15, 0.2) is 4.96 Å². The van der Waals surface area contributed by atoms with Crippen molar-refractivity contribution in [3.8, 4) is 11.3 Å². The first kappa shape index (κ1) is 18.6. The Hall–Kier alpha value is -2.74. The quantitative estimate of drug-likeness (QED) is 0.627. The summed E-state index contributed by atoms with van der Waals surface area (Å²) in [5, 5.41) is 1.78. The standard InChI is InChI=1S/C20H20FN3O3S/c1-2-27-19(26)14-4-3-9-23(10-14)18(25)17-12-28-20-22-16(11-24(17)20)13-5-7-15(21)8-6-13/h5-8,11-12,14H,2-4,9-10H2,1H3. The molecule has 1 amide bonds. The second kappa shape index (κ2) is 7.71. The summed E-state index contributed by atoms with van der Waals surface area (Å²) < 4.78 is 20.0. The van der Waals surface area contributed by atoms with Crippen molar-refractivity contribution in [1.82, 2.24) is 14.3 Å². The maximum absolute atomic E-state index is 13.2. The van der Waals surface area contributed by atoms with Gasteiger partial charge in [-0.1, -0.05) is 0 Å². The number of rotatable bonds is 4. The highest BCUT2D eigenvalue weighted by atomic mass is 32.1. The summed E-state index contributed by atoms with van der Waals surface area (Å²) in [6.45, 7) is 3.11. The normalized spacial score (nSPS) is 17.1. The van der Waals surface area contributed by atoms with E-state index in [9.17, 15) is 14.0 Å². The maximum atomic E-state index is 13.2. The molecule has 0 aliphatic carbocycles. The van der Waals surface area contributed by atoms with Gasteiger partial charge in [-0.25, -0.2) is 9.37 Å². The summed E-state index contributed by atoms with van der Waals surface area (Å²) in [6.07, 6.45) is 3.30. The molecule has 6 nitrogen and oxygen atoms in total. The Kier molecular flexibility index (Phi) is 5.13. The zero-order valence-electron chi connectivity index (χ0n) is 15.4.